The minimum Gasteiger partial charge on any atom is -0.491 e. The monoisotopic (exact) mass is 355 g/mol. The summed E-state index contributed by atoms with van der Waals surface area (Å²) >= 11 is 1.47. The Morgan fingerprint density at radius 1 is 1.32 bits per heavy atom. The van der Waals surface area contributed by atoms with Crippen LogP contribution in [0, 0.1) is 17.2 Å². The number of thiazole rings is 1. The van der Waals surface area contributed by atoms with Gasteiger partial charge in [-0.25, -0.2) is 4.98 Å². The van der Waals surface area contributed by atoms with E-state index in [9.17, 15) is 4.79 Å². The first-order valence-electron chi connectivity index (χ1n) is 8.48. The van der Waals surface area contributed by atoms with Crippen molar-refractivity contribution in [1.29, 1.82) is 5.26 Å². The van der Waals surface area contributed by atoms with Crippen molar-refractivity contribution in [1.82, 2.24) is 9.88 Å². The molecule has 6 heteroatoms. The first kappa shape index (κ1) is 17.4. The molecule has 1 aliphatic heterocycles. The normalized spacial score (nSPS) is 15.2. The standard InChI is InChI=1S/C19H21N3O2S/c1-13(2)24-16-5-3-15(4-6-16)18-21-17(12-25-18)19(23)22-9-7-14(11-20)8-10-22/h3-6,12-14H,7-10H2,1-2H3. The fourth-order valence-electron chi connectivity index (χ4n) is 2.83. The fourth-order valence-corrected chi connectivity index (χ4v) is 3.63. The number of nitriles is 1. The summed E-state index contributed by atoms with van der Waals surface area (Å²) in [6.07, 6.45) is 1.63. The molecule has 1 amide bonds. The Morgan fingerprint density at radius 3 is 2.60 bits per heavy atom. The zero-order chi connectivity index (χ0) is 17.8. The number of likely N-dealkylation sites (tertiary alicyclic amines) is 1. The summed E-state index contributed by atoms with van der Waals surface area (Å²) in [4.78, 5) is 18.9. The van der Waals surface area contributed by atoms with E-state index in [1.165, 1.54) is 11.3 Å². The van der Waals surface area contributed by atoms with Gasteiger partial charge in [0.25, 0.3) is 5.91 Å². The number of piperidine rings is 1. The molecular formula is C19H21N3O2S. The average Bonchev–Trinajstić information content (AvgIpc) is 3.11. The SMILES string of the molecule is CC(C)Oc1ccc(-c2nc(C(=O)N3CCC(C#N)CC3)cs2)cc1. The van der Waals surface area contributed by atoms with Gasteiger partial charge in [-0.05, 0) is 51.0 Å². The summed E-state index contributed by atoms with van der Waals surface area (Å²) in [7, 11) is 0. The van der Waals surface area contributed by atoms with Crippen LogP contribution < -0.4 is 4.74 Å². The topological polar surface area (TPSA) is 66.2 Å². The molecule has 1 aromatic heterocycles. The van der Waals surface area contributed by atoms with Gasteiger partial charge in [-0.1, -0.05) is 0 Å². The number of carbonyl (C=O) groups excluding carboxylic acids is 1. The van der Waals surface area contributed by atoms with Crippen molar-refractivity contribution in [3.05, 3.63) is 35.3 Å². The summed E-state index contributed by atoms with van der Waals surface area (Å²) in [5.74, 6) is 0.854. The Balaban J connectivity index is 1.68. The quantitative estimate of drug-likeness (QED) is 0.832. The van der Waals surface area contributed by atoms with Gasteiger partial charge in [-0.2, -0.15) is 5.26 Å². The molecule has 130 valence electrons. The highest BCUT2D eigenvalue weighted by Gasteiger charge is 2.25. The molecule has 2 aromatic rings. The third-order valence-corrected chi connectivity index (χ3v) is 5.05. The molecule has 0 radical (unpaired) electrons. The van der Waals surface area contributed by atoms with Crippen molar-refractivity contribution in [3.8, 4) is 22.4 Å². The van der Waals surface area contributed by atoms with Gasteiger partial charge in [0.1, 0.15) is 16.5 Å². The average molecular weight is 355 g/mol. The van der Waals surface area contributed by atoms with Crippen LogP contribution in [0.3, 0.4) is 0 Å². The van der Waals surface area contributed by atoms with E-state index in [1.807, 2.05) is 43.5 Å². The molecule has 0 unspecified atom stereocenters. The number of rotatable bonds is 4. The highest BCUT2D eigenvalue weighted by Crippen LogP contribution is 2.27. The minimum atomic E-state index is -0.0429. The maximum absolute atomic E-state index is 12.6. The summed E-state index contributed by atoms with van der Waals surface area (Å²) in [6, 6.07) is 10.0. The first-order valence-corrected chi connectivity index (χ1v) is 9.36. The van der Waals surface area contributed by atoms with E-state index in [0.29, 0.717) is 18.8 Å². The van der Waals surface area contributed by atoms with Gasteiger partial charge < -0.3 is 9.64 Å². The lowest BCUT2D eigenvalue weighted by Gasteiger charge is -2.28. The minimum absolute atomic E-state index is 0.0429. The zero-order valence-corrected chi connectivity index (χ0v) is 15.3. The first-order chi connectivity index (χ1) is 12.1. The third-order valence-electron chi connectivity index (χ3n) is 4.16. The number of amides is 1. The van der Waals surface area contributed by atoms with E-state index < -0.39 is 0 Å². The van der Waals surface area contributed by atoms with E-state index in [2.05, 4.69) is 11.1 Å². The van der Waals surface area contributed by atoms with Gasteiger partial charge in [0, 0.05) is 30.0 Å². The zero-order valence-electron chi connectivity index (χ0n) is 14.4. The number of ether oxygens (including phenoxy) is 1. The lowest BCUT2D eigenvalue weighted by molar-refractivity contribution is 0.0702. The largest absolute Gasteiger partial charge is 0.491 e. The number of hydrogen-bond acceptors (Lipinski definition) is 5. The Kier molecular flexibility index (Phi) is 5.34. The molecule has 0 bridgehead atoms. The highest BCUT2D eigenvalue weighted by atomic mass is 32.1. The molecule has 5 nitrogen and oxygen atoms in total. The Hall–Kier alpha value is -2.39. The molecule has 0 atom stereocenters. The van der Waals surface area contributed by atoms with E-state index in [-0.39, 0.29) is 17.9 Å². The van der Waals surface area contributed by atoms with E-state index in [4.69, 9.17) is 10.00 Å². The Bertz CT molecular complexity index is 769. The predicted molar refractivity (Wildman–Crippen MR) is 97.6 cm³/mol. The number of hydrogen-bond donors (Lipinski definition) is 0. The molecule has 1 fully saturated rings. The second kappa shape index (κ2) is 7.66. The second-order valence-electron chi connectivity index (χ2n) is 6.42. The molecule has 1 aromatic carbocycles. The second-order valence-corrected chi connectivity index (χ2v) is 7.28. The van der Waals surface area contributed by atoms with Crippen molar-refractivity contribution in [2.75, 3.05) is 13.1 Å². The molecule has 0 saturated carbocycles. The molecule has 0 spiro atoms. The number of nitrogens with zero attached hydrogens (tertiary/aromatic N) is 3. The van der Waals surface area contributed by atoms with Gasteiger partial charge in [-0.15, -0.1) is 11.3 Å². The van der Waals surface area contributed by atoms with Crippen molar-refractivity contribution < 1.29 is 9.53 Å². The number of aromatic nitrogens is 1. The summed E-state index contributed by atoms with van der Waals surface area (Å²) < 4.78 is 5.65. The maximum atomic E-state index is 12.6. The predicted octanol–water partition coefficient (Wildman–Crippen LogP) is 3.97. The van der Waals surface area contributed by atoms with Crippen LogP contribution >= 0.6 is 11.3 Å². The Labute approximate surface area is 151 Å². The van der Waals surface area contributed by atoms with Crippen LogP contribution in [0.15, 0.2) is 29.6 Å². The van der Waals surface area contributed by atoms with Gasteiger partial charge in [0.15, 0.2) is 0 Å². The van der Waals surface area contributed by atoms with Crippen LogP contribution in [0.25, 0.3) is 10.6 Å². The molecule has 0 aliphatic carbocycles. The smallest absolute Gasteiger partial charge is 0.273 e. The lowest BCUT2D eigenvalue weighted by atomic mass is 9.98. The van der Waals surface area contributed by atoms with Crippen LogP contribution in [0.2, 0.25) is 0 Å². The van der Waals surface area contributed by atoms with E-state index in [1.54, 1.807) is 4.90 Å². The lowest BCUT2D eigenvalue weighted by Crippen LogP contribution is -2.38. The van der Waals surface area contributed by atoms with Crippen LogP contribution in [-0.2, 0) is 0 Å². The summed E-state index contributed by atoms with van der Waals surface area (Å²) in [6.45, 7) is 5.24. The van der Waals surface area contributed by atoms with Crippen molar-refractivity contribution in [3.63, 3.8) is 0 Å². The highest BCUT2D eigenvalue weighted by molar-refractivity contribution is 7.13. The van der Waals surface area contributed by atoms with Crippen LogP contribution in [0.4, 0.5) is 0 Å². The summed E-state index contributed by atoms with van der Waals surface area (Å²) in [5.41, 5.74) is 1.46. The van der Waals surface area contributed by atoms with Crippen LogP contribution in [0.1, 0.15) is 37.2 Å². The van der Waals surface area contributed by atoms with Gasteiger partial charge in [0.2, 0.25) is 0 Å². The third kappa shape index (κ3) is 4.18. The van der Waals surface area contributed by atoms with Crippen LogP contribution in [-0.4, -0.2) is 35.0 Å². The molecule has 1 saturated heterocycles. The molecular weight excluding hydrogens is 334 g/mol. The van der Waals surface area contributed by atoms with E-state index in [0.717, 1.165) is 29.2 Å². The van der Waals surface area contributed by atoms with Gasteiger partial charge in [-0.3, -0.25) is 4.79 Å². The number of carbonyl (C=O) groups is 1. The molecule has 1 aliphatic rings. The number of benzene rings is 1. The Morgan fingerprint density at radius 2 is 2.00 bits per heavy atom. The maximum Gasteiger partial charge on any atom is 0.273 e. The van der Waals surface area contributed by atoms with Gasteiger partial charge >= 0.3 is 0 Å². The van der Waals surface area contributed by atoms with Crippen LogP contribution in [0.5, 0.6) is 5.75 Å². The molecule has 3 rings (SSSR count). The van der Waals surface area contributed by atoms with Crippen molar-refractivity contribution in [2.24, 2.45) is 5.92 Å². The summed E-state index contributed by atoms with van der Waals surface area (Å²) in [5, 5.41) is 11.6. The molecule has 2 heterocycles. The van der Waals surface area contributed by atoms with Crippen molar-refractivity contribution >= 4 is 17.2 Å². The van der Waals surface area contributed by atoms with Gasteiger partial charge in [0.05, 0.1) is 12.2 Å². The van der Waals surface area contributed by atoms with Crippen molar-refractivity contribution in [2.45, 2.75) is 32.8 Å². The van der Waals surface area contributed by atoms with E-state index >= 15 is 0 Å². The molecule has 0 N–H and O–H groups in total. The molecule has 25 heavy (non-hydrogen) atoms. The fraction of sp³-hybridized carbons (Fsp3) is 0.421.